The number of nitrogens with zero attached hydrogens (tertiary/aromatic N) is 7. The van der Waals surface area contributed by atoms with Gasteiger partial charge in [-0.3, -0.25) is 0 Å². The van der Waals surface area contributed by atoms with E-state index >= 15 is 0 Å². The smallest absolute Gasteiger partial charge is 0.249 e. The predicted octanol–water partition coefficient (Wildman–Crippen LogP) is 3.16. The van der Waals surface area contributed by atoms with Crippen LogP contribution in [0.5, 0.6) is 0 Å². The van der Waals surface area contributed by atoms with Crippen molar-refractivity contribution >= 4 is 23.4 Å². The Morgan fingerprint density at radius 3 is 2.41 bits per heavy atom. The van der Waals surface area contributed by atoms with Gasteiger partial charge in [-0.2, -0.15) is 10.1 Å². The van der Waals surface area contributed by atoms with Crippen LogP contribution in [0.15, 0.2) is 42.9 Å². The second kappa shape index (κ2) is 8.38. The Labute approximate surface area is 171 Å². The van der Waals surface area contributed by atoms with Crippen molar-refractivity contribution < 1.29 is 0 Å². The van der Waals surface area contributed by atoms with Crippen LogP contribution in [0.2, 0.25) is 0 Å². The van der Waals surface area contributed by atoms with Crippen molar-refractivity contribution in [2.75, 3.05) is 41.3 Å². The summed E-state index contributed by atoms with van der Waals surface area (Å²) in [7, 11) is 0. The van der Waals surface area contributed by atoms with Crippen molar-refractivity contribution in [1.29, 1.82) is 0 Å². The molecule has 3 aromatic rings. The van der Waals surface area contributed by atoms with Crippen LogP contribution < -0.4 is 15.1 Å². The van der Waals surface area contributed by atoms with E-state index in [1.54, 1.807) is 18.6 Å². The molecule has 1 aliphatic heterocycles. The lowest BCUT2D eigenvalue weighted by molar-refractivity contribution is 0.632. The van der Waals surface area contributed by atoms with Crippen LogP contribution in [0, 0.1) is 6.92 Å². The Bertz CT molecular complexity index is 952. The average molecular weight is 390 g/mol. The molecule has 0 saturated carbocycles. The van der Waals surface area contributed by atoms with Gasteiger partial charge >= 0.3 is 0 Å². The molecule has 0 aliphatic carbocycles. The fourth-order valence-corrected chi connectivity index (χ4v) is 3.54. The highest BCUT2D eigenvalue weighted by molar-refractivity contribution is 5.64. The molecule has 1 saturated heterocycles. The second-order valence-electron chi connectivity index (χ2n) is 7.48. The number of aryl methyl sites for hydroxylation is 1. The van der Waals surface area contributed by atoms with E-state index in [1.807, 2.05) is 6.07 Å². The maximum absolute atomic E-state index is 4.72. The van der Waals surface area contributed by atoms with E-state index in [9.17, 15) is 0 Å². The monoisotopic (exact) mass is 390 g/mol. The highest BCUT2D eigenvalue weighted by Gasteiger charge is 2.20. The molecule has 1 aliphatic rings. The highest BCUT2D eigenvalue weighted by atomic mass is 15.4. The van der Waals surface area contributed by atoms with Gasteiger partial charge in [0.05, 0.1) is 6.20 Å². The van der Waals surface area contributed by atoms with Gasteiger partial charge in [-0.05, 0) is 30.0 Å². The zero-order valence-corrected chi connectivity index (χ0v) is 17.1. The summed E-state index contributed by atoms with van der Waals surface area (Å²) >= 11 is 0. The average Bonchev–Trinajstić information content (AvgIpc) is 2.76. The molecular weight excluding hydrogens is 364 g/mol. The standard InChI is InChI=1S/C21H26N8/c1-15(2)17-7-4-6-16(3)19(17)26-20-25-18(14-24-27-20)28-10-12-29(13-11-28)21-22-8-5-9-23-21/h4-9,14-15H,10-13H2,1-3H3,(H,25,26,27). The molecule has 0 spiro atoms. The van der Waals surface area contributed by atoms with Crippen LogP contribution >= 0.6 is 0 Å². The summed E-state index contributed by atoms with van der Waals surface area (Å²) in [6, 6.07) is 8.15. The first-order chi connectivity index (χ1) is 14.1. The molecule has 4 rings (SSSR count). The first-order valence-corrected chi connectivity index (χ1v) is 9.95. The summed E-state index contributed by atoms with van der Waals surface area (Å²) in [5.41, 5.74) is 3.48. The topological polar surface area (TPSA) is 83.0 Å². The van der Waals surface area contributed by atoms with Crippen LogP contribution in [0.3, 0.4) is 0 Å². The Morgan fingerprint density at radius 1 is 0.966 bits per heavy atom. The zero-order valence-electron chi connectivity index (χ0n) is 17.1. The van der Waals surface area contributed by atoms with Gasteiger partial charge in [-0.15, -0.1) is 5.10 Å². The molecule has 1 N–H and O–H groups in total. The SMILES string of the molecule is Cc1cccc(C(C)C)c1Nc1nncc(N2CCN(c3ncccn3)CC2)n1. The third-order valence-corrected chi connectivity index (χ3v) is 5.15. The maximum atomic E-state index is 4.72. The third kappa shape index (κ3) is 4.26. The van der Waals surface area contributed by atoms with Crippen molar-refractivity contribution in [2.24, 2.45) is 0 Å². The number of piperazine rings is 1. The maximum Gasteiger partial charge on any atom is 0.249 e. The minimum atomic E-state index is 0.404. The summed E-state index contributed by atoms with van der Waals surface area (Å²) in [5.74, 6) is 2.53. The van der Waals surface area contributed by atoms with Crippen LogP contribution in [0.25, 0.3) is 0 Å². The van der Waals surface area contributed by atoms with E-state index in [4.69, 9.17) is 4.98 Å². The van der Waals surface area contributed by atoms with Crippen molar-refractivity contribution in [1.82, 2.24) is 25.1 Å². The molecule has 1 fully saturated rings. The van der Waals surface area contributed by atoms with Gasteiger partial charge in [0.25, 0.3) is 0 Å². The molecule has 3 heterocycles. The molecule has 0 unspecified atom stereocenters. The number of hydrogen-bond acceptors (Lipinski definition) is 8. The lowest BCUT2D eigenvalue weighted by Gasteiger charge is -2.35. The van der Waals surface area contributed by atoms with E-state index in [1.165, 1.54) is 11.1 Å². The summed E-state index contributed by atoms with van der Waals surface area (Å²) in [6.45, 7) is 9.81. The molecule has 8 heteroatoms. The minimum Gasteiger partial charge on any atom is -0.352 e. The molecule has 1 aromatic carbocycles. The van der Waals surface area contributed by atoms with E-state index in [2.05, 4.69) is 74.3 Å². The molecule has 0 radical (unpaired) electrons. The van der Waals surface area contributed by atoms with Gasteiger partial charge in [0.2, 0.25) is 11.9 Å². The van der Waals surface area contributed by atoms with Gasteiger partial charge in [0.15, 0.2) is 5.82 Å². The number of hydrogen-bond donors (Lipinski definition) is 1. The number of benzene rings is 1. The van der Waals surface area contributed by atoms with E-state index in [0.29, 0.717) is 11.9 Å². The fourth-order valence-electron chi connectivity index (χ4n) is 3.54. The van der Waals surface area contributed by atoms with Crippen LogP contribution in [0.4, 0.5) is 23.4 Å². The van der Waals surface area contributed by atoms with Crippen LogP contribution in [-0.4, -0.2) is 51.3 Å². The quantitative estimate of drug-likeness (QED) is 0.711. The Kier molecular flexibility index (Phi) is 5.50. The minimum absolute atomic E-state index is 0.404. The molecular formula is C21H26N8. The fraction of sp³-hybridized carbons (Fsp3) is 0.381. The largest absolute Gasteiger partial charge is 0.352 e. The molecule has 0 bridgehead atoms. The second-order valence-corrected chi connectivity index (χ2v) is 7.48. The summed E-state index contributed by atoms with van der Waals surface area (Å²) in [5, 5.41) is 11.8. The number of nitrogens with one attached hydrogen (secondary N) is 1. The summed E-state index contributed by atoms with van der Waals surface area (Å²) in [4.78, 5) is 17.8. The van der Waals surface area contributed by atoms with E-state index < -0.39 is 0 Å². The molecule has 0 amide bonds. The Hall–Kier alpha value is -3.29. The van der Waals surface area contributed by atoms with Gasteiger partial charge in [0, 0.05) is 44.3 Å². The van der Waals surface area contributed by atoms with Crippen molar-refractivity contribution in [2.45, 2.75) is 26.7 Å². The normalized spacial score (nSPS) is 14.3. The first kappa shape index (κ1) is 19.0. The molecule has 0 atom stereocenters. The summed E-state index contributed by atoms with van der Waals surface area (Å²) in [6.07, 6.45) is 5.27. The summed E-state index contributed by atoms with van der Waals surface area (Å²) < 4.78 is 0. The third-order valence-electron chi connectivity index (χ3n) is 5.15. The van der Waals surface area contributed by atoms with E-state index in [-0.39, 0.29) is 0 Å². The molecule has 29 heavy (non-hydrogen) atoms. The van der Waals surface area contributed by atoms with Crippen LogP contribution in [-0.2, 0) is 0 Å². The predicted molar refractivity (Wildman–Crippen MR) is 115 cm³/mol. The van der Waals surface area contributed by atoms with Crippen molar-refractivity contribution in [3.05, 3.63) is 54.0 Å². The highest BCUT2D eigenvalue weighted by Crippen LogP contribution is 2.29. The number of aromatic nitrogens is 5. The lowest BCUT2D eigenvalue weighted by atomic mass is 9.98. The van der Waals surface area contributed by atoms with Crippen LogP contribution in [0.1, 0.15) is 30.9 Å². The number of rotatable bonds is 5. The van der Waals surface area contributed by atoms with Gasteiger partial charge in [-0.1, -0.05) is 32.0 Å². The van der Waals surface area contributed by atoms with Gasteiger partial charge in [0.1, 0.15) is 0 Å². The zero-order chi connectivity index (χ0) is 20.2. The lowest BCUT2D eigenvalue weighted by Crippen LogP contribution is -2.47. The molecule has 2 aromatic heterocycles. The van der Waals surface area contributed by atoms with Gasteiger partial charge in [-0.25, -0.2) is 9.97 Å². The number of para-hydroxylation sites is 1. The molecule has 8 nitrogen and oxygen atoms in total. The first-order valence-electron chi connectivity index (χ1n) is 9.95. The van der Waals surface area contributed by atoms with Crippen molar-refractivity contribution in [3.8, 4) is 0 Å². The number of anilines is 4. The Morgan fingerprint density at radius 2 is 1.69 bits per heavy atom. The molecule has 150 valence electrons. The van der Waals surface area contributed by atoms with Gasteiger partial charge < -0.3 is 15.1 Å². The Balaban J connectivity index is 1.48. The van der Waals surface area contributed by atoms with Crippen molar-refractivity contribution in [3.63, 3.8) is 0 Å². The van der Waals surface area contributed by atoms with E-state index in [0.717, 1.165) is 43.6 Å².